The highest BCUT2D eigenvalue weighted by molar-refractivity contribution is 7.99. The lowest BCUT2D eigenvalue weighted by molar-refractivity contribution is 0.0589. The van der Waals surface area contributed by atoms with Crippen LogP contribution in [0.3, 0.4) is 0 Å². The first-order valence-corrected chi connectivity index (χ1v) is 8.80. The van der Waals surface area contributed by atoms with Gasteiger partial charge in [0.15, 0.2) is 5.69 Å². The third-order valence-corrected chi connectivity index (χ3v) is 5.07. The van der Waals surface area contributed by atoms with Crippen LogP contribution in [-0.2, 0) is 4.74 Å². The second kappa shape index (κ2) is 6.69. The Morgan fingerprint density at radius 3 is 2.86 bits per heavy atom. The average Bonchev–Trinajstić information content (AvgIpc) is 3.39. The Morgan fingerprint density at radius 2 is 2.27 bits per heavy atom. The number of hydrogen-bond acceptors (Lipinski definition) is 4. The van der Waals surface area contributed by atoms with Crippen LogP contribution in [0, 0.1) is 5.92 Å². The number of thioether (sulfide) groups is 1. The van der Waals surface area contributed by atoms with Crippen LogP contribution in [0.4, 0.5) is 0 Å². The van der Waals surface area contributed by atoms with E-state index in [1.807, 2.05) is 6.20 Å². The lowest BCUT2D eigenvalue weighted by atomic mass is 9.90. The molecule has 0 radical (unpaired) electrons. The number of methoxy groups -OCH3 is 1. The number of rotatable bonds is 5. The van der Waals surface area contributed by atoms with E-state index >= 15 is 0 Å². The van der Waals surface area contributed by atoms with Gasteiger partial charge in [-0.15, -0.1) is 11.8 Å². The highest BCUT2D eigenvalue weighted by Gasteiger charge is 2.26. The van der Waals surface area contributed by atoms with Gasteiger partial charge in [0.05, 0.1) is 7.11 Å². The van der Waals surface area contributed by atoms with Crippen LogP contribution in [0.1, 0.15) is 48.2 Å². The molecular formula is C18H21NO2S. The molecule has 22 heavy (non-hydrogen) atoms. The first-order chi connectivity index (χ1) is 10.7. The number of aromatic nitrogens is 1. The van der Waals surface area contributed by atoms with Crippen molar-refractivity contribution < 1.29 is 9.53 Å². The van der Waals surface area contributed by atoms with Crippen LogP contribution in [0.2, 0.25) is 0 Å². The fourth-order valence-electron chi connectivity index (χ4n) is 2.78. The van der Waals surface area contributed by atoms with Crippen LogP contribution >= 0.6 is 11.8 Å². The monoisotopic (exact) mass is 315 g/mol. The summed E-state index contributed by atoms with van der Waals surface area (Å²) in [6.45, 7) is 2.07. The van der Waals surface area contributed by atoms with E-state index in [1.165, 1.54) is 31.1 Å². The molecule has 116 valence electrons. The van der Waals surface area contributed by atoms with Crippen molar-refractivity contribution in [2.75, 3.05) is 12.9 Å². The number of esters is 1. The lowest BCUT2D eigenvalue weighted by Gasteiger charge is -2.17. The van der Waals surface area contributed by atoms with E-state index in [0.717, 1.165) is 23.0 Å². The SMILES string of the molecule is CCSc1cc(C2C=CC(C3CC3)=CC2)cnc1C(=O)OC. The molecule has 0 bridgehead atoms. The van der Waals surface area contributed by atoms with Crippen molar-refractivity contribution in [3.05, 3.63) is 47.3 Å². The molecule has 0 aromatic carbocycles. The number of pyridine rings is 1. The normalized spacial score (nSPS) is 20.6. The fourth-order valence-corrected chi connectivity index (χ4v) is 3.58. The maximum Gasteiger partial charge on any atom is 0.357 e. The molecule has 1 atom stereocenters. The molecule has 2 aliphatic rings. The molecule has 1 aromatic rings. The molecule has 0 aliphatic heterocycles. The van der Waals surface area contributed by atoms with Gasteiger partial charge < -0.3 is 4.74 Å². The minimum Gasteiger partial charge on any atom is -0.464 e. The zero-order valence-electron chi connectivity index (χ0n) is 13.0. The lowest BCUT2D eigenvalue weighted by Crippen LogP contribution is -2.08. The highest BCUT2D eigenvalue weighted by atomic mass is 32.2. The van der Waals surface area contributed by atoms with Gasteiger partial charge in [-0.25, -0.2) is 9.78 Å². The van der Waals surface area contributed by atoms with Gasteiger partial charge >= 0.3 is 5.97 Å². The van der Waals surface area contributed by atoms with E-state index in [1.54, 1.807) is 11.8 Å². The predicted octanol–water partition coefficient (Wildman–Crippen LogP) is 4.36. The van der Waals surface area contributed by atoms with Gasteiger partial charge in [-0.3, -0.25) is 0 Å². The number of carbonyl (C=O) groups excluding carboxylic acids is 1. The molecule has 0 saturated heterocycles. The van der Waals surface area contributed by atoms with Gasteiger partial charge in [-0.2, -0.15) is 0 Å². The molecule has 1 aromatic heterocycles. The van der Waals surface area contributed by atoms with E-state index in [2.05, 4.69) is 36.2 Å². The Labute approximate surface area is 135 Å². The Kier molecular flexibility index (Phi) is 4.67. The van der Waals surface area contributed by atoms with E-state index in [0.29, 0.717) is 11.6 Å². The van der Waals surface area contributed by atoms with Crippen LogP contribution in [-0.4, -0.2) is 23.8 Å². The third-order valence-electron chi connectivity index (χ3n) is 4.16. The van der Waals surface area contributed by atoms with Crippen molar-refractivity contribution in [3.63, 3.8) is 0 Å². The molecule has 4 heteroatoms. The molecule has 0 N–H and O–H groups in total. The molecule has 1 unspecified atom stereocenters. The van der Waals surface area contributed by atoms with Crippen LogP contribution < -0.4 is 0 Å². The van der Waals surface area contributed by atoms with Crippen LogP contribution in [0.5, 0.6) is 0 Å². The largest absolute Gasteiger partial charge is 0.464 e. The second-order valence-electron chi connectivity index (χ2n) is 5.72. The molecule has 2 aliphatic carbocycles. The molecule has 0 amide bonds. The summed E-state index contributed by atoms with van der Waals surface area (Å²) in [6, 6.07) is 2.10. The summed E-state index contributed by atoms with van der Waals surface area (Å²) < 4.78 is 4.82. The van der Waals surface area contributed by atoms with Gasteiger partial charge in [0.2, 0.25) is 0 Å². The summed E-state index contributed by atoms with van der Waals surface area (Å²) in [6.07, 6.45) is 12.4. The molecule has 1 fully saturated rings. The quantitative estimate of drug-likeness (QED) is 0.598. The molecule has 1 saturated carbocycles. The molecule has 0 spiro atoms. The molecule has 3 rings (SSSR count). The van der Waals surface area contributed by atoms with Crippen molar-refractivity contribution in [2.24, 2.45) is 5.92 Å². The fraction of sp³-hybridized carbons (Fsp3) is 0.444. The van der Waals surface area contributed by atoms with Crippen molar-refractivity contribution in [2.45, 2.75) is 37.0 Å². The summed E-state index contributed by atoms with van der Waals surface area (Å²) >= 11 is 1.64. The summed E-state index contributed by atoms with van der Waals surface area (Å²) in [5.41, 5.74) is 3.09. The second-order valence-corrected chi connectivity index (χ2v) is 7.03. The maximum absolute atomic E-state index is 11.8. The standard InChI is InChI=1S/C18H21NO2S/c1-3-22-16-10-15(11-19-17(16)18(20)21-2)14-8-6-13(7-9-14)12-4-5-12/h6-8,10-12,14H,3-5,9H2,1-2H3. The predicted molar refractivity (Wildman–Crippen MR) is 89.3 cm³/mol. The maximum atomic E-state index is 11.8. The summed E-state index contributed by atoms with van der Waals surface area (Å²) in [5, 5.41) is 0. The topological polar surface area (TPSA) is 39.2 Å². The number of nitrogens with zero attached hydrogens (tertiary/aromatic N) is 1. The minimum atomic E-state index is -0.363. The van der Waals surface area contributed by atoms with Crippen molar-refractivity contribution in [3.8, 4) is 0 Å². The van der Waals surface area contributed by atoms with Gasteiger partial charge in [-0.05, 0) is 48.1 Å². The number of allylic oxidation sites excluding steroid dienone is 4. The van der Waals surface area contributed by atoms with E-state index in [4.69, 9.17) is 4.74 Å². The van der Waals surface area contributed by atoms with Crippen LogP contribution in [0.15, 0.2) is 41.0 Å². The minimum absolute atomic E-state index is 0.359. The highest BCUT2D eigenvalue weighted by Crippen LogP contribution is 2.40. The first kappa shape index (κ1) is 15.3. The Bertz CT molecular complexity index is 632. The number of carbonyl (C=O) groups is 1. The van der Waals surface area contributed by atoms with E-state index in [-0.39, 0.29) is 5.97 Å². The molecular weight excluding hydrogens is 294 g/mol. The Balaban J connectivity index is 1.81. The van der Waals surface area contributed by atoms with Gasteiger partial charge in [0.1, 0.15) is 0 Å². The number of hydrogen-bond donors (Lipinski definition) is 0. The van der Waals surface area contributed by atoms with Gasteiger partial charge in [0, 0.05) is 17.0 Å². The van der Waals surface area contributed by atoms with Crippen molar-refractivity contribution >= 4 is 17.7 Å². The Morgan fingerprint density at radius 1 is 1.45 bits per heavy atom. The molecule has 1 heterocycles. The Hall–Kier alpha value is -1.55. The van der Waals surface area contributed by atoms with Gasteiger partial charge in [0.25, 0.3) is 0 Å². The first-order valence-electron chi connectivity index (χ1n) is 7.82. The van der Waals surface area contributed by atoms with Crippen molar-refractivity contribution in [1.82, 2.24) is 4.98 Å². The average molecular weight is 315 g/mol. The van der Waals surface area contributed by atoms with Crippen molar-refractivity contribution in [1.29, 1.82) is 0 Å². The summed E-state index contributed by atoms with van der Waals surface area (Å²) in [5.74, 6) is 1.71. The summed E-state index contributed by atoms with van der Waals surface area (Å²) in [7, 11) is 1.40. The smallest absolute Gasteiger partial charge is 0.357 e. The third kappa shape index (κ3) is 3.27. The van der Waals surface area contributed by atoms with Crippen LogP contribution in [0.25, 0.3) is 0 Å². The zero-order chi connectivity index (χ0) is 15.5. The summed E-state index contributed by atoms with van der Waals surface area (Å²) in [4.78, 5) is 17.1. The van der Waals surface area contributed by atoms with Gasteiger partial charge in [-0.1, -0.05) is 25.2 Å². The van der Waals surface area contributed by atoms with E-state index in [9.17, 15) is 4.79 Å². The van der Waals surface area contributed by atoms with E-state index < -0.39 is 0 Å². The molecule has 3 nitrogen and oxygen atoms in total. The zero-order valence-corrected chi connectivity index (χ0v) is 13.9. The number of ether oxygens (including phenoxy) is 1.